The van der Waals surface area contributed by atoms with Crippen LogP contribution >= 0.6 is 0 Å². The number of ether oxygens (including phenoxy) is 2. The third kappa shape index (κ3) is 14.7. The number of aliphatic hydroxyl groups is 2. The van der Waals surface area contributed by atoms with Gasteiger partial charge in [-0.2, -0.15) is 0 Å². The Morgan fingerprint density at radius 1 is 0.923 bits per heavy atom. The Balaban J connectivity index is 0. The van der Waals surface area contributed by atoms with E-state index in [1.807, 2.05) is 13.8 Å². The van der Waals surface area contributed by atoms with Crippen LogP contribution in [0.5, 0.6) is 0 Å². The number of aliphatic hydroxyl groups excluding tert-OH is 2. The molecule has 4 heteroatoms. The van der Waals surface area contributed by atoms with E-state index in [1.165, 1.54) is 0 Å². The van der Waals surface area contributed by atoms with Crippen LogP contribution in [0.3, 0.4) is 0 Å². The van der Waals surface area contributed by atoms with Crippen molar-refractivity contribution < 1.29 is 19.7 Å². The fourth-order valence-corrected chi connectivity index (χ4v) is 0.656. The van der Waals surface area contributed by atoms with Crippen LogP contribution in [-0.2, 0) is 9.47 Å². The van der Waals surface area contributed by atoms with Crippen molar-refractivity contribution in [2.24, 2.45) is 0 Å². The Kier molecular flexibility index (Phi) is 16.9. The lowest BCUT2D eigenvalue weighted by Gasteiger charge is -2.13. The minimum atomic E-state index is -0.125. The fraction of sp³-hybridized carbons (Fsp3) is 1.00. The molecule has 0 rings (SSSR count). The molecule has 0 saturated carbocycles. The second-order valence-corrected chi connectivity index (χ2v) is 2.20. The molecule has 0 aromatic heterocycles. The molecule has 0 radical (unpaired) electrons. The first kappa shape index (κ1) is 15.3. The van der Waals surface area contributed by atoms with Gasteiger partial charge in [0.05, 0.1) is 13.2 Å². The Bertz CT molecular complexity index is 70.0. The molecule has 0 heterocycles. The third-order valence-corrected chi connectivity index (χ3v) is 1.14. The van der Waals surface area contributed by atoms with Crippen molar-refractivity contribution in [3.05, 3.63) is 0 Å². The molecule has 0 saturated heterocycles. The summed E-state index contributed by atoms with van der Waals surface area (Å²) in [5.41, 5.74) is 0. The van der Waals surface area contributed by atoms with Crippen LogP contribution in [0.25, 0.3) is 0 Å². The van der Waals surface area contributed by atoms with Gasteiger partial charge in [0.1, 0.15) is 0 Å². The van der Waals surface area contributed by atoms with Crippen molar-refractivity contribution in [3.63, 3.8) is 0 Å². The van der Waals surface area contributed by atoms with E-state index in [4.69, 9.17) is 19.7 Å². The van der Waals surface area contributed by atoms with Gasteiger partial charge in [0.2, 0.25) is 0 Å². The standard InChI is InChI=1S/C7H16O2.C2H6O2/c1-4-7(8-5-2)9-6-3;3-1-2-4/h7H,4-6H2,1-3H3;3-4H,1-2H2. The summed E-state index contributed by atoms with van der Waals surface area (Å²) >= 11 is 0. The summed E-state index contributed by atoms with van der Waals surface area (Å²) in [6.45, 7) is 7.22. The van der Waals surface area contributed by atoms with Crippen molar-refractivity contribution in [1.82, 2.24) is 0 Å². The highest BCUT2D eigenvalue weighted by Crippen LogP contribution is 1.98. The van der Waals surface area contributed by atoms with Crippen molar-refractivity contribution in [1.29, 1.82) is 0 Å². The second-order valence-electron chi connectivity index (χ2n) is 2.20. The fourth-order valence-electron chi connectivity index (χ4n) is 0.656. The van der Waals surface area contributed by atoms with Crippen LogP contribution in [0.1, 0.15) is 27.2 Å². The zero-order chi connectivity index (χ0) is 10.5. The summed E-state index contributed by atoms with van der Waals surface area (Å²) in [6.07, 6.45) is 0.946. The number of hydrogen-bond donors (Lipinski definition) is 2. The quantitative estimate of drug-likeness (QED) is 0.613. The topological polar surface area (TPSA) is 58.9 Å². The summed E-state index contributed by atoms with van der Waals surface area (Å²) in [4.78, 5) is 0. The molecule has 13 heavy (non-hydrogen) atoms. The van der Waals surface area contributed by atoms with Crippen molar-refractivity contribution in [2.75, 3.05) is 26.4 Å². The predicted octanol–water partition coefficient (Wildman–Crippen LogP) is 0.766. The van der Waals surface area contributed by atoms with Crippen LogP contribution in [-0.4, -0.2) is 42.9 Å². The summed E-state index contributed by atoms with van der Waals surface area (Å²) < 4.78 is 10.4. The largest absolute Gasteiger partial charge is 0.394 e. The molecule has 0 spiro atoms. The van der Waals surface area contributed by atoms with Gasteiger partial charge in [-0.15, -0.1) is 0 Å². The minimum absolute atomic E-state index is 0.0139. The summed E-state index contributed by atoms with van der Waals surface area (Å²) in [5.74, 6) is 0. The molecule has 0 aliphatic carbocycles. The lowest BCUT2D eigenvalue weighted by Crippen LogP contribution is -2.15. The maximum absolute atomic E-state index is 7.62. The van der Waals surface area contributed by atoms with Gasteiger partial charge in [-0.25, -0.2) is 0 Å². The maximum atomic E-state index is 7.62. The van der Waals surface area contributed by atoms with Gasteiger partial charge < -0.3 is 19.7 Å². The SMILES string of the molecule is CCOC(CC)OCC.OCCO. The molecule has 82 valence electrons. The highest BCUT2D eigenvalue weighted by molar-refractivity contribution is 4.36. The van der Waals surface area contributed by atoms with Gasteiger partial charge in [-0.05, 0) is 20.3 Å². The molecule has 0 fully saturated rings. The zero-order valence-electron chi connectivity index (χ0n) is 8.82. The van der Waals surface area contributed by atoms with E-state index in [1.54, 1.807) is 0 Å². The molecule has 0 bridgehead atoms. The Labute approximate surface area is 80.5 Å². The third-order valence-electron chi connectivity index (χ3n) is 1.14. The average Bonchev–Trinajstić information content (AvgIpc) is 2.18. The molecule has 0 atom stereocenters. The van der Waals surface area contributed by atoms with Crippen molar-refractivity contribution in [2.45, 2.75) is 33.5 Å². The van der Waals surface area contributed by atoms with Gasteiger partial charge in [0.25, 0.3) is 0 Å². The molecule has 0 aliphatic heterocycles. The van der Waals surface area contributed by atoms with E-state index in [2.05, 4.69) is 6.92 Å². The summed E-state index contributed by atoms with van der Waals surface area (Å²) in [6, 6.07) is 0. The molecule has 4 nitrogen and oxygen atoms in total. The summed E-state index contributed by atoms with van der Waals surface area (Å²) in [7, 11) is 0. The van der Waals surface area contributed by atoms with E-state index in [9.17, 15) is 0 Å². The second kappa shape index (κ2) is 14.4. The van der Waals surface area contributed by atoms with Gasteiger partial charge in [-0.1, -0.05) is 6.92 Å². The van der Waals surface area contributed by atoms with Crippen LogP contribution in [0, 0.1) is 0 Å². The smallest absolute Gasteiger partial charge is 0.157 e. The molecule has 0 aromatic carbocycles. The first-order valence-corrected chi connectivity index (χ1v) is 4.71. The van der Waals surface area contributed by atoms with E-state index >= 15 is 0 Å². The van der Waals surface area contributed by atoms with Gasteiger partial charge in [0, 0.05) is 13.2 Å². The monoisotopic (exact) mass is 194 g/mol. The molecule has 0 aliphatic rings. The zero-order valence-corrected chi connectivity index (χ0v) is 8.82. The highest BCUT2D eigenvalue weighted by Gasteiger charge is 2.01. The first-order chi connectivity index (χ1) is 6.26. The van der Waals surface area contributed by atoms with Crippen LogP contribution in [0.15, 0.2) is 0 Å². The van der Waals surface area contributed by atoms with Gasteiger partial charge in [0.15, 0.2) is 6.29 Å². The highest BCUT2D eigenvalue weighted by atomic mass is 16.7. The Hall–Kier alpha value is -0.160. The van der Waals surface area contributed by atoms with E-state index < -0.39 is 0 Å². The Morgan fingerprint density at radius 2 is 1.31 bits per heavy atom. The average molecular weight is 194 g/mol. The van der Waals surface area contributed by atoms with Gasteiger partial charge in [-0.3, -0.25) is 0 Å². The van der Waals surface area contributed by atoms with Crippen molar-refractivity contribution >= 4 is 0 Å². The van der Waals surface area contributed by atoms with Gasteiger partial charge >= 0.3 is 0 Å². The van der Waals surface area contributed by atoms with Crippen LogP contribution in [0.2, 0.25) is 0 Å². The predicted molar refractivity (Wildman–Crippen MR) is 51.5 cm³/mol. The minimum Gasteiger partial charge on any atom is -0.394 e. The maximum Gasteiger partial charge on any atom is 0.157 e. The number of rotatable bonds is 6. The summed E-state index contributed by atoms with van der Waals surface area (Å²) in [5, 5.41) is 15.2. The van der Waals surface area contributed by atoms with Crippen LogP contribution < -0.4 is 0 Å². The van der Waals surface area contributed by atoms with E-state index in [-0.39, 0.29) is 19.5 Å². The van der Waals surface area contributed by atoms with Crippen molar-refractivity contribution in [3.8, 4) is 0 Å². The molecule has 0 amide bonds. The lowest BCUT2D eigenvalue weighted by molar-refractivity contribution is -0.136. The number of hydrogen-bond acceptors (Lipinski definition) is 4. The van der Waals surface area contributed by atoms with E-state index in [0.717, 1.165) is 19.6 Å². The molecular formula is C9H22O4. The first-order valence-electron chi connectivity index (χ1n) is 4.71. The molecular weight excluding hydrogens is 172 g/mol. The van der Waals surface area contributed by atoms with Crippen LogP contribution in [0.4, 0.5) is 0 Å². The molecule has 0 aromatic rings. The molecule has 2 N–H and O–H groups in total. The lowest BCUT2D eigenvalue weighted by atomic mass is 10.5. The van der Waals surface area contributed by atoms with E-state index in [0.29, 0.717) is 0 Å². The Morgan fingerprint density at radius 3 is 1.46 bits per heavy atom. The molecule has 0 unspecified atom stereocenters. The normalized spacial score (nSPS) is 9.69.